The molecule has 1 unspecified atom stereocenters. The smallest absolute Gasteiger partial charge is 0.338 e. The van der Waals surface area contributed by atoms with Crippen LogP contribution in [0.15, 0.2) is 72.1 Å². The van der Waals surface area contributed by atoms with E-state index >= 15 is 0 Å². The highest BCUT2D eigenvalue weighted by Gasteiger charge is 2.28. The molecule has 30 heavy (non-hydrogen) atoms. The molecule has 1 aromatic heterocycles. The number of halogens is 2. The molecular formula is C25H21F2O2S+. The minimum absolute atomic E-state index is 0.169. The molecule has 0 aliphatic rings. The van der Waals surface area contributed by atoms with E-state index in [0.29, 0.717) is 5.56 Å². The Balaban J connectivity index is 1.58. The first-order valence-corrected chi connectivity index (χ1v) is 10.8. The molecule has 0 N–H and O–H groups in total. The molecule has 152 valence electrons. The summed E-state index contributed by atoms with van der Waals surface area (Å²) in [6, 6.07) is 18.8. The molecule has 4 aromatic rings. The van der Waals surface area contributed by atoms with Crippen LogP contribution in [0.1, 0.15) is 35.3 Å². The molecule has 2 nitrogen and oxygen atoms in total. The Morgan fingerprint density at radius 1 is 0.933 bits per heavy atom. The topological polar surface area (TPSA) is 26.3 Å². The summed E-state index contributed by atoms with van der Waals surface area (Å²) in [6.45, 7) is 5.32. The highest BCUT2D eigenvalue weighted by molar-refractivity contribution is 7.43. The van der Waals surface area contributed by atoms with Gasteiger partial charge in [0.15, 0.2) is 9.60 Å². The number of carbonyl (C=O) groups excluding carboxylic acids is 1. The number of thiophene rings is 1. The molecule has 1 atom stereocenters. The van der Waals surface area contributed by atoms with Gasteiger partial charge >= 0.3 is 5.97 Å². The van der Waals surface area contributed by atoms with Gasteiger partial charge in [-0.25, -0.2) is 13.6 Å². The summed E-state index contributed by atoms with van der Waals surface area (Å²) < 4.78 is 34.0. The highest BCUT2D eigenvalue weighted by Crippen LogP contribution is 2.41. The maximum Gasteiger partial charge on any atom is 0.338 e. The molecule has 0 aliphatic heterocycles. The van der Waals surface area contributed by atoms with Crippen molar-refractivity contribution in [2.45, 2.75) is 26.4 Å². The zero-order valence-corrected chi connectivity index (χ0v) is 17.7. The fraction of sp³-hybridized carbons (Fsp3) is 0.160. The van der Waals surface area contributed by atoms with Gasteiger partial charge in [-0.1, -0.05) is 12.1 Å². The third kappa shape index (κ3) is 3.85. The maximum atomic E-state index is 13.6. The average Bonchev–Trinajstić information content (AvgIpc) is 3.04. The van der Waals surface area contributed by atoms with Gasteiger partial charge in [0.25, 0.3) is 0 Å². The quantitative estimate of drug-likeness (QED) is 0.255. The van der Waals surface area contributed by atoms with E-state index in [0.717, 1.165) is 11.0 Å². The minimum Gasteiger partial charge on any atom is -0.451 e. The molecule has 0 fully saturated rings. The maximum absolute atomic E-state index is 13.6. The van der Waals surface area contributed by atoms with Gasteiger partial charge < -0.3 is 4.74 Å². The van der Waals surface area contributed by atoms with E-state index in [1.165, 1.54) is 27.8 Å². The number of ether oxygens (including phenoxy) is 1. The van der Waals surface area contributed by atoms with Gasteiger partial charge in [0.1, 0.15) is 22.6 Å². The lowest BCUT2D eigenvalue weighted by Gasteiger charge is -2.25. The summed E-state index contributed by atoms with van der Waals surface area (Å²) >= 11 is 0. The largest absolute Gasteiger partial charge is 0.451 e. The van der Waals surface area contributed by atoms with Crippen LogP contribution < -0.4 is 0 Å². The third-order valence-corrected chi connectivity index (χ3v) is 7.29. The van der Waals surface area contributed by atoms with E-state index in [4.69, 9.17) is 4.74 Å². The monoisotopic (exact) mass is 423 g/mol. The Bertz CT molecular complexity index is 1220. The average molecular weight is 424 g/mol. The van der Waals surface area contributed by atoms with E-state index < -0.39 is 23.2 Å². The second kappa shape index (κ2) is 7.65. The first kappa shape index (κ1) is 20.2. The molecule has 0 radical (unpaired) electrons. The van der Waals surface area contributed by atoms with Gasteiger partial charge in [0.05, 0.1) is 5.56 Å². The molecule has 4 rings (SSSR count). The lowest BCUT2D eigenvalue weighted by Crippen LogP contribution is -2.26. The fourth-order valence-electron chi connectivity index (χ4n) is 3.47. The molecule has 0 spiro atoms. The summed E-state index contributed by atoms with van der Waals surface area (Å²) in [5.41, 5.74) is 0.724. The number of fused-ring (bicyclic) bond motifs is 1. The predicted octanol–water partition coefficient (Wildman–Crippen LogP) is 7.26. The first-order chi connectivity index (χ1) is 14.2. The van der Waals surface area contributed by atoms with Crippen molar-refractivity contribution in [3.8, 4) is 4.90 Å². The molecule has 3 aromatic carbocycles. The highest BCUT2D eigenvalue weighted by atomic mass is 32.2. The SMILES string of the molecule is Cc1c[s+](-c2ccc(C(=O)OC(C)(C)c3cc(F)cc(F)c3)cc2)c2ccccc12. The second-order valence-corrected chi connectivity index (χ2v) is 9.54. The van der Waals surface area contributed by atoms with Gasteiger partial charge in [-0.2, -0.15) is 0 Å². The third-order valence-electron chi connectivity index (χ3n) is 5.09. The number of hydrogen-bond acceptors (Lipinski definition) is 2. The van der Waals surface area contributed by atoms with Gasteiger partial charge in [0.2, 0.25) is 0 Å². The summed E-state index contributed by atoms with van der Waals surface area (Å²) in [6.07, 6.45) is 0. The van der Waals surface area contributed by atoms with Crippen LogP contribution in [0, 0.1) is 18.6 Å². The predicted molar refractivity (Wildman–Crippen MR) is 117 cm³/mol. The van der Waals surface area contributed by atoms with Crippen LogP contribution in [-0.2, 0) is 10.3 Å². The number of hydrogen-bond donors (Lipinski definition) is 0. The van der Waals surface area contributed by atoms with Crippen LogP contribution in [0.5, 0.6) is 0 Å². The van der Waals surface area contributed by atoms with Gasteiger partial charge in [-0.3, -0.25) is 0 Å². The molecule has 0 aliphatic carbocycles. The van der Waals surface area contributed by atoms with Crippen LogP contribution in [0.3, 0.4) is 0 Å². The van der Waals surface area contributed by atoms with Crippen LogP contribution in [0.4, 0.5) is 8.78 Å². The fourth-order valence-corrected chi connectivity index (χ4v) is 5.59. The van der Waals surface area contributed by atoms with E-state index in [-0.39, 0.29) is 16.0 Å². The van der Waals surface area contributed by atoms with Gasteiger partial charge in [-0.15, -0.1) is 0 Å². The lowest BCUT2D eigenvalue weighted by atomic mass is 9.97. The number of carbonyl (C=O) groups is 1. The number of aryl methyl sites for hydroxylation is 1. The number of esters is 1. The van der Waals surface area contributed by atoms with Crippen molar-refractivity contribution in [2.75, 3.05) is 0 Å². The van der Waals surface area contributed by atoms with Crippen molar-refractivity contribution in [3.05, 3.63) is 100 Å². The van der Waals surface area contributed by atoms with Gasteiger partial charge in [0, 0.05) is 33.0 Å². The standard InChI is InChI=1S/C25H21F2O2S/c1-16-15-30(23-7-5-4-6-22(16)23)21-10-8-17(9-11-21)24(28)29-25(2,3)18-12-19(26)14-20(27)13-18/h4-15H,1-3H3/q+1. The van der Waals surface area contributed by atoms with Crippen molar-refractivity contribution < 1.29 is 18.3 Å². The van der Waals surface area contributed by atoms with Crippen LogP contribution >= 0.6 is 10.5 Å². The van der Waals surface area contributed by atoms with Crippen molar-refractivity contribution in [3.63, 3.8) is 0 Å². The van der Waals surface area contributed by atoms with Crippen LogP contribution in [-0.4, -0.2) is 5.97 Å². The molecule has 0 amide bonds. The Morgan fingerprint density at radius 2 is 1.57 bits per heavy atom. The van der Waals surface area contributed by atoms with E-state index in [2.05, 4.69) is 24.4 Å². The zero-order valence-electron chi connectivity index (χ0n) is 16.9. The molecule has 0 saturated carbocycles. The second-order valence-electron chi connectivity index (χ2n) is 7.72. The Hall–Kier alpha value is -3.05. The zero-order chi connectivity index (χ0) is 21.5. The van der Waals surface area contributed by atoms with E-state index in [1.54, 1.807) is 26.0 Å². The number of rotatable bonds is 4. The van der Waals surface area contributed by atoms with E-state index in [9.17, 15) is 13.6 Å². The summed E-state index contributed by atoms with van der Waals surface area (Å²) in [5.74, 6) is -1.96. The van der Waals surface area contributed by atoms with Crippen molar-refractivity contribution in [2.24, 2.45) is 0 Å². The molecular weight excluding hydrogens is 402 g/mol. The minimum atomic E-state index is -1.18. The van der Waals surface area contributed by atoms with E-state index in [1.807, 2.05) is 24.3 Å². The Labute approximate surface area is 176 Å². The van der Waals surface area contributed by atoms with Crippen LogP contribution in [0.2, 0.25) is 0 Å². The summed E-state index contributed by atoms with van der Waals surface area (Å²) in [7, 11) is -0.169. The summed E-state index contributed by atoms with van der Waals surface area (Å²) in [5, 5.41) is 3.51. The van der Waals surface area contributed by atoms with Crippen molar-refractivity contribution >= 4 is 26.5 Å². The Kier molecular flexibility index (Phi) is 5.16. The molecule has 5 heteroatoms. The molecule has 0 saturated heterocycles. The summed E-state index contributed by atoms with van der Waals surface area (Å²) in [4.78, 5) is 13.8. The number of benzene rings is 3. The van der Waals surface area contributed by atoms with Crippen molar-refractivity contribution in [1.82, 2.24) is 0 Å². The normalized spacial score (nSPS) is 12.2. The Morgan fingerprint density at radius 3 is 2.23 bits per heavy atom. The molecule has 1 heterocycles. The van der Waals surface area contributed by atoms with Crippen LogP contribution in [0.25, 0.3) is 15.0 Å². The lowest BCUT2D eigenvalue weighted by molar-refractivity contribution is -0.00339. The molecule has 0 bridgehead atoms. The first-order valence-electron chi connectivity index (χ1n) is 9.55. The van der Waals surface area contributed by atoms with Gasteiger partial charge in [-0.05, 0) is 69.3 Å². The van der Waals surface area contributed by atoms with Crippen molar-refractivity contribution in [1.29, 1.82) is 0 Å².